The first-order valence-electron chi connectivity index (χ1n) is 13.5. The topological polar surface area (TPSA) is 190 Å². The summed E-state index contributed by atoms with van der Waals surface area (Å²) in [5, 5.41) is 32.4. The van der Waals surface area contributed by atoms with Gasteiger partial charge in [0.05, 0.1) is 22.7 Å². The van der Waals surface area contributed by atoms with Crippen molar-refractivity contribution in [1.82, 2.24) is 0 Å². The van der Waals surface area contributed by atoms with E-state index in [0.29, 0.717) is 27.8 Å². The molecule has 0 aliphatic carbocycles. The van der Waals surface area contributed by atoms with Crippen molar-refractivity contribution in [2.45, 2.75) is 9.79 Å². The molecular weight excluding hydrogens is 631 g/mol. The molecule has 0 saturated heterocycles. The first kappa shape index (κ1) is 30.5. The van der Waals surface area contributed by atoms with Crippen molar-refractivity contribution in [2.24, 2.45) is 20.5 Å². The summed E-state index contributed by atoms with van der Waals surface area (Å²) in [7, 11) is -9.22. The summed E-state index contributed by atoms with van der Waals surface area (Å²) in [6.45, 7) is 0. The fourth-order valence-electron chi connectivity index (χ4n) is 4.86. The van der Waals surface area contributed by atoms with E-state index in [1.807, 2.05) is 6.07 Å². The van der Waals surface area contributed by atoms with Gasteiger partial charge in [0.2, 0.25) is 0 Å². The van der Waals surface area contributed by atoms with Crippen molar-refractivity contribution in [1.29, 1.82) is 0 Å². The Morgan fingerprint density at radius 1 is 0.522 bits per heavy atom. The van der Waals surface area contributed by atoms with Gasteiger partial charge in [-0.15, -0.1) is 15.3 Å². The van der Waals surface area contributed by atoms with E-state index in [-0.39, 0.29) is 32.7 Å². The van der Waals surface area contributed by atoms with Gasteiger partial charge in [0.15, 0.2) is 0 Å². The lowest BCUT2D eigenvalue weighted by atomic mass is 10.1. The number of nitrogens with zero attached hydrogens (tertiary/aromatic N) is 4. The summed E-state index contributed by atoms with van der Waals surface area (Å²) in [6.07, 6.45) is 0. The van der Waals surface area contributed by atoms with Crippen LogP contribution in [0.2, 0.25) is 0 Å². The van der Waals surface area contributed by atoms with Crippen LogP contribution < -0.4 is 5.32 Å². The van der Waals surface area contributed by atoms with E-state index in [9.17, 15) is 31.0 Å². The fourth-order valence-corrected chi connectivity index (χ4v) is 6.24. The van der Waals surface area contributed by atoms with E-state index < -0.39 is 30.9 Å². The lowest BCUT2D eigenvalue weighted by Gasteiger charge is -2.11. The molecule has 0 aliphatic rings. The Labute approximate surface area is 262 Å². The standard InChI is InChI=1S/C32H23N5O7S2/c38-29-19-30(45(39,40)41)24-12-6-7-13-25(24)32(29)37-36-27-17-16-26(22-10-4-5-11-23(22)27)35-34-21-14-15-28(31(18-21)46(42,43)44)33-20-8-2-1-3-9-20/h1-19,33,38H,(H,39,40,41)(H,42,43,44). The van der Waals surface area contributed by atoms with Crippen LogP contribution in [0.1, 0.15) is 0 Å². The van der Waals surface area contributed by atoms with E-state index in [1.54, 1.807) is 84.9 Å². The zero-order chi connectivity index (χ0) is 32.5. The molecule has 230 valence electrons. The Morgan fingerprint density at radius 3 is 1.67 bits per heavy atom. The Balaban J connectivity index is 1.35. The molecule has 4 N–H and O–H groups in total. The SMILES string of the molecule is O=S(=O)(O)c1cc(N=Nc2ccc(N=Nc3c(O)cc(S(=O)(=O)O)c4ccccc34)c3ccccc23)ccc1Nc1ccccc1. The van der Waals surface area contributed by atoms with E-state index in [0.717, 1.165) is 6.07 Å². The monoisotopic (exact) mass is 653 g/mol. The van der Waals surface area contributed by atoms with Gasteiger partial charge in [0, 0.05) is 33.3 Å². The van der Waals surface area contributed by atoms with Crippen LogP contribution in [-0.2, 0) is 20.2 Å². The molecular formula is C32H23N5O7S2. The van der Waals surface area contributed by atoms with E-state index in [2.05, 4.69) is 25.8 Å². The van der Waals surface area contributed by atoms with E-state index in [4.69, 9.17) is 0 Å². The third-order valence-electron chi connectivity index (χ3n) is 6.94. The molecule has 0 bridgehead atoms. The minimum absolute atomic E-state index is 0.00989. The van der Waals surface area contributed by atoms with Crippen LogP contribution in [0.3, 0.4) is 0 Å². The second kappa shape index (κ2) is 12.1. The van der Waals surface area contributed by atoms with Gasteiger partial charge in [-0.1, -0.05) is 66.7 Å². The number of nitrogens with one attached hydrogen (secondary N) is 1. The van der Waals surface area contributed by atoms with Gasteiger partial charge in [-0.2, -0.15) is 21.9 Å². The maximum absolute atomic E-state index is 12.2. The predicted octanol–water partition coefficient (Wildman–Crippen LogP) is 8.77. The number of benzene rings is 6. The normalized spacial score (nSPS) is 12.4. The number of hydrogen-bond acceptors (Lipinski definition) is 10. The van der Waals surface area contributed by atoms with Crippen LogP contribution in [0.4, 0.5) is 34.1 Å². The molecule has 0 aromatic heterocycles. The third kappa shape index (κ3) is 6.31. The number of hydrogen-bond donors (Lipinski definition) is 4. The zero-order valence-corrected chi connectivity index (χ0v) is 25.2. The number of aromatic hydroxyl groups is 1. The van der Waals surface area contributed by atoms with Crippen molar-refractivity contribution in [3.05, 3.63) is 115 Å². The van der Waals surface area contributed by atoms with Gasteiger partial charge in [-0.05, 0) is 42.5 Å². The minimum atomic E-state index is -4.62. The molecule has 0 fully saturated rings. The van der Waals surface area contributed by atoms with Crippen LogP contribution in [0, 0.1) is 0 Å². The largest absolute Gasteiger partial charge is 0.506 e. The maximum Gasteiger partial charge on any atom is 0.296 e. The van der Waals surface area contributed by atoms with E-state index >= 15 is 0 Å². The van der Waals surface area contributed by atoms with Gasteiger partial charge in [-0.25, -0.2) is 0 Å². The Hall–Kier alpha value is -5.54. The highest BCUT2D eigenvalue weighted by Gasteiger charge is 2.20. The molecule has 0 amide bonds. The van der Waals surface area contributed by atoms with Crippen LogP contribution in [0.15, 0.2) is 146 Å². The Bertz CT molecular complexity index is 2420. The lowest BCUT2D eigenvalue weighted by molar-refractivity contribution is 0.468. The molecule has 6 aromatic carbocycles. The fraction of sp³-hybridized carbons (Fsp3) is 0. The quantitative estimate of drug-likeness (QED) is 0.0925. The second-order valence-electron chi connectivity index (χ2n) is 9.96. The number of para-hydroxylation sites is 1. The van der Waals surface area contributed by atoms with Crippen LogP contribution in [-0.4, -0.2) is 31.0 Å². The van der Waals surface area contributed by atoms with E-state index in [1.165, 1.54) is 18.2 Å². The number of phenols is 1. The van der Waals surface area contributed by atoms with Gasteiger partial charge in [0.25, 0.3) is 20.2 Å². The Kier molecular flexibility index (Phi) is 8.02. The molecule has 0 aliphatic heterocycles. The summed E-state index contributed by atoms with van der Waals surface area (Å²) in [4.78, 5) is -0.820. The van der Waals surface area contributed by atoms with Crippen molar-refractivity contribution in [3.63, 3.8) is 0 Å². The number of phenolic OH excluding ortho intramolecular Hbond substituents is 1. The molecule has 0 saturated carbocycles. The molecule has 12 nitrogen and oxygen atoms in total. The second-order valence-corrected chi connectivity index (χ2v) is 12.7. The van der Waals surface area contributed by atoms with Crippen molar-refractivity contribution in [2.75, 3.05) is 5.32 Å². The molecule has 6 rings (SSSR count). The maximum atomic E-state index is 12.2. The average molecular weight is 654 g/mol. The van der Waals surface area contributed by atoms with Gasteiger partial charge in [-0.3, -0.25) is 9.11 Å². The van der Waals surface area contributed by atoms with Crippen LogP contribution >= 0.6 is 0 Å². The highest BCUT2D eigenvalue weighted by Crippen LogP contribution is 2.41. The molecule has 0 radical (unpaired) electrons. The molecule has 0 spiro atoms. The average Bonchev–Trinajstić information content (AvgIpc) is 3.03. The summed E-state index contributed by atoms with van der Waals surface area (Å²) in [6, 6.07) is 30.7. The first-order chi connectivity index (χ1) is 22.0. The number of fused-ring (bicyclic) bond motifs is 2. The van der Waals surface area contributed by atoms with Gasteiger partial charge < -0.3 is 10.4 Å². The summed E-state index contributed by atoms with van der Waals surface area (Å²) in [5.74, 6) is -0.487. The van der Waals surface area contributed by atoms with Crippen molar-refractivity contribution >= 4 is 75.9 Å². The van der Waals surface area contributed by atoms with Crippen molar-refractivity contribution in [3.8, 4) is 5.75 Å². The highest BCUT2D eigenvalue weighted by atomic mass is 32.2. The molecule has 6 aromatic rings. The number of azo groups is 2. The van der Waals surface area contributed by atoms with Crippen molar-refractivity contribution < 1.29 is 31.0 Å². The summed E-state index contributed by atoms with van der Waals surface area (Å²) in [5.41, 5.74) is 1.82. The van der Waals surface area contributed by atoms with Crippen LogP contribution in [0.25, 0.3) is 21.5 Å². The third-order valence-corrected chi connectivity index (χ3v) is 8.73. The summed E-state index contributed by atoms with van der Waals surface area (Å²) >= 11 is 0. The van der Waals surface area contributed by atoms with Crippen LogP contribution in [0.5, 0.6) is 5.75 Å². The lowest BCUT2D eigenvalue weighted by Crippen LogP contribution is -2.03. The zero-order valence-electron chi connectivity index (χ0n) is 23.5. The van der Waals surface area contributed by atoms with Gasteiger partial charge in [0.1, 0.15) is 21.2 Å². The van der Waals surface area contributed by atoms with Gasteiger partial charge >= 0.3 is 0 Å². The Morgan fingerprint density at radius 2 is 1.07 bits per heavy atom. The smallest absolute Gasteiger partial charge is 0.296 e. The molecule has 0 unspecified atom stereocenters. The molecule has 0 heterocycles. The number of rotatable bonds is 8. The molecule has 0 atom stereocenters. The minimum Gasteiger partial charge on any atom is -0.506 e. The molecule has 46 heavy (non-hydrogen) atoms. The molecule has 14 heteroatoms. The highest BCUT2D eigenvalue weighted by molar-refractivity contribution is 7.86. The predicted molar refractivity (Wildman–Crippen MR) is 174 cm³/mol. The number of anilines is 2. The summed E-state index contributed by atoms with van der Waals surface area (Å²) < 4.78 is 67.6. The first-order valence-corrected chi connectivity index (χ1v) is 16.4.